The van der Waals surface area contributed by atoms with Gasteiger partial charge in [0.1, 0.15) is 0 Å². The zero-order valence-electron chi connectivity index (χ0n) is 45.1. The first-order chi connectivity index (χ1) is 35.7. The van der Waals surface area contributed by atoms with E-state index in [2.05, 4.69) is 203 Å². The minimum absolute atomic E-state index is 0. The maximum atomic E-state index is 5.00. The molecule has 3 aliphatic rings. The predicted octanol–water partition coefficient (Wildman–Crippen LogP) is 16.3. The van der Waals surface area contributed by atoms with Crippen molar-refractivity contribution in [3.63, 3.8) is 0 Å². The van der Waals surface area contributed by atoms with Crippen LogP contribution < -0.4 is 0 Å². The van der Waals surface area contributed by atoms with E-state index >= 15 is 0 Å². The standard InChI is InChI=1S/C58H62N4.C11H8N.Ir/c1-55(2)49-35-39(28-30-51(49)61-53(57(55,5)6)47(37-59-61)44-20-14-10-15-21-44)24-26-41-32-42(34-46(33-41)43-18-12-9-13-19-43)27-25-40-29-31-52-50(36-40)56(3,4)58(7,8)54-48(38-60-62(52)54)45-22-16-11-17-23-45;1-2-6-10(7-3-1)11-8-4-5-9-12-11;/h10-11,14-17,20-23,28-29,32-38,43H,9,12-13,18-19,24-27H2,1-8H3;1-6,8-9H;/q-2;-1;+3. The van der Waals surface area contributed by atoms with E-state index in [9.17, 15) is 0 Å². The summed E-state index contributed by atoms with van der Waals surface area (Å²) in [6.07, 6.45) is 16.6. The fourth-order valence-electron chi connectivity index (χ4n) is 12.2. The van der Waals surface area contributed by atoms with E-state index in [-0.39, 0.29) is 41.8 Å². The van der Waals surface area contributed by atoms with Gasteiger partial charge in [0.05, 0.1) is 23.8 Å². The number of fused-ring (bicyclic) bond motifs is 6. The fourth-order valence-corrected chi connectivity index (χ4v) is 12.2. The van der Waals surface area contributed by atoms with Crippen LogP contribution in [0.25, 0.3) is 44.9 Å². The molecule has 12 rings (SSSR count). The van der Waals surface area contributed by atoms with Crippen LogP contribution in [-0.2, 0) is 67.4 Å². The normalized spacial score (nSPS) is 16.5. The number of hydrogen-bond acceptors (Lipinski definition) is 3. The Labute approximate surface area is 460 Å². The van der Waals surface area contributed by atoms with Gasteiger partial charge in [0.2, 0.25) is 0 Å². The first-order valence-electron chi connectivity index (χ1n) is 27.1. The number of rotatable bonds is 10. The van der Waals surface area contributed by atoms with Gasteiger partial charge in [-0.05, 0) is 93.4 Å². The first-order valence-corrected chi connectivity index (χ1v) is 27.1. The molecule has 0 amide bonds. The molecule has 0 bridgehead atoms. The molecule has 9 aromatic rings. The summed E-state index contributed by atoms with van der Waals surface area (Å²) in [7, 11) is 0. The molecule has 6 aromatic carbocycles. The van der Waals surface area contributed by atoms with E-state index in [1.165, 1.54) is 99.1 Å². The summed E-state index contributed by atoms with van der Waals surface area (Å²) in [5.41, 5.74) is 20.9. The van der Waals surface area contributed by atoms with Crippen LogP contribution in [0.1, 0.15) is 144 Å². The van der Waals surface area contributed by atoms with Crippen LogP contribution >= 0.6 is 0 Å². The topological polar surface area (TPSA) is 48.5 Å². The molecular formula is C69H70IrN5. The average molecular weight is 1160 g/mol. The van der Waals surface area contributed by atoms with Crippen molar-refractivity contribution in [1.82, 2.24) is 24.5 Å². The Morgan fingerprint density at radius 2 is 0.973 bits per heavy atom. The second-order valence-corrected chi connectivity index (χ2v) is 23.3. The maximum Gasteiger partial charge on any atom is 3.00 e. The molecule has 380 valence electrons. The zero-order chi connectivity index (χ0) is 51.2. The van der Waals surface area contributed by atoms with Gasteiger partial charge in [-0.15, -0.1) is 47.0 Å². The molecule has 0 spiro atoms. The van der Waals surface area contributed by atoms with Crippen molar-refractivity contribution < 1.29 is 20.1 Å². The van der Waals surface area contributed by atoms with Crippen LogP contribution in [0.15, 0.2) is 164 Å². The van der Waals surface area contributed by atoms with Crippen LogP contribution in [0.3, 0.4) is 0 Å². The molecule has 0 radical (unpaired) electrons. The van der Waals surface area contributed by atoms with Gasteiger partial charge in [-0.1, -0.05) is 178 Å². The predicted molar refractivity (Wildman–Crippen MR) is 303 cm³/mol. The van der Waals surface area contributed by atoms with Crippen LogP contribution in [0.4, 0.5) is 0 Å². The van der Waals surface area contributed by atoms with Crippen molar-refractivity contribution in [2.24, 2.45) is 0 Å². The van der Waals surface area contributed by atoms with Crippen molar-refractivity contribution >= 4 is 0 Å². The molecule has 3 aromatic heterocycles. The van der Waals surface area contributed by atoms with Gasteiger partial charge in [-0.3, -0.25) is 9.36 Å². The quantitative estimate of drug-likeness (QED) is 0.128. The van der Waals surface area contributed by atoms with Crippen molar-refractivity contribution in [1.29, 1.82) is 0 Å². The second kappa shape index (κ2) is 20.9. The molecule has 1 fully saturated rings. The van der Waals surface area contributed by atoms with Gasteiger partial charge in [0, 0.05) is 28.2 Å². The molecule has 5 nitrogen and oxygen atoms in total. The van der Waals surface area contributed by atoms with Gasteiger partial charge >= 0.3 is 20.1 Å². The van der Waals surface area contributed by atoms with Crippen molar-refractivity contribution in [2.75, 3.05) is 0 Å². The largest absolute Gasteiger partial charge is 3.00 e. The number of nitrogens with zero attached hydrogens (tertiary/aromatic N) is 5. The second-order valence-electron chi connectivity index (χ2n) is 23.3. The Bertz CT molecular complexity index is 3200. The summed E-state index contributed by atoms with van der Waals surface area (Å²) in [5, 5.41) is 9.99. The monoisotopic (exact) mass is 1160 g/mol. The van der Waals surface area contributed by atoms with E-state index in [1.54, 1.807) is 11.8 Å². The maximum absolute atomic E-state index is 5.00. The molecule has 5 heterocycles. The van der Waals surface area contributed by atoms with E-state index in [0.717, 1.165) is 48.3 Å². The minimum Gasteiger partial charge on any atom is -0.305 e. The van der Waals surface area contributed by atoms with Crippen LogP contribution in [0.5, 0.6) is 0 Å². The molecule has 0 unspecified atom stereocenters. The molecule has 1 saturated carbocycles. The number of aromatic nitrogens is 5. The number of pyridine rings is 1. The molecule has 1 aliphatic carbocycles. The van der Waals surface area contributed by atoms with Crippen molar-refractivity contribution in [3.05, 3.63) is 233 Å². The van der Waals surface area contributed by atoms with E-state index in [4.69, 9.17) is 10.2 Å². The molecule has 0 N–H and O–H groups in total. The third kappa shape index (κ3) is 9.63. The molecule has 6 heteroatoms. The summed E-state index contributed by atoms with van der Waals surface area (Å²) in [6.45, 7) is 19.2. The third-order valence-corrected chi connectivity index (χ3v) is 18.0. The van der Waals surface area contributed by atoms with Crippen LogP contribution in [0.2, 0.25) is 0 Å². The average Bonchev–Trinajstić information content (AvgIpc) is 4.12. The Morgan fingerprint density at radius 3 is 1.44 bits per heavy atom. The molecule has 75 heavy (non-hydrogen) atoms. The summed E-state index contributed by atoms with van der Waals surface area (Å²) < 4.78 is 4.34. The summed E-state index contributed by atoms with van der Waals surface area (Å²) in [5.74, 6) is 0.663. The van der Waals surface area contributed by atoms with Gasteiger partial charge in [0.25, 0.3) is 0 Å². The van der Waals surface area contributed by atoms with E-state index in [0.29, 0.717) is 5.92 Å². The molecule has 0 atom stereocenters. The third-order valence-electron chi connectivity index (χ3n) is 18.0. The summed E-state index contributed by atoms with van der Waals surface area (Å²) >= 11 is 0. The Balaban J connectivity index is 0.000000433. The Morgan fingerprint density at radius 1 is 0.493 bits per heavy atom. The van der Waals surface area contributed by atoms with Gasteiger partial charge in [0.15, 0.2) is 0 Å². The number of benzene rings is 6. The molecular weight excluding hydrogens is 1090 g/mol. The number of hydrogen-bond donors (Lipinski definition) is 0. The number of aryl methyl sites for hydroxylation is 4. The van der Waals surface area contributed by atoms with Crippen LogP contribution in [0, 0.1) is 18.2 Å². The summed E-state index contributed by atoms with van der Waals surface area (Å²) in [4.78, 5) is 4.22. The van der Waals surface area contributed by atoms with Gasteiger partial charge in [-0.2, -0.15) is 57.7 Å². The first kappa shape index (κ1) is 52.0. The fraction of sp³-hybridized carbons (Fsp3) is 0.319. The van der Waals surface area contributed by atoms with Crippen LogP contribution in [-0.4, -0.2) is 24.5 Å². The molecule has 2 aliphatic heterocycles. The minimum atomic E-state index is -0.146. The Hall–Kier alpha value is -6.46. The summed E-state index contributed by atoms with van der Waals surface area (Å²) in [6, 6.07) is 62.8. The van der Waals surface area contributed by atoms with Gasteiger partial charge in [-0.25, -0.2) is 0 Å². The van der Waals surface area contributed by atoms with Gasteiger partial charge < -0.3 is 4.98 Å². The SMILES string of the molecule is CC1(C)c2cc(CCc3cc(CCc4c[c-]c5c(c4)C(C)(C)C(C)(C)c4c(-c6ccccc6)cnn4-5)cc(C4CCCCC4)c3)c[c-]c2-n2ncc(-c3ccccc3)c2C1(C)C.[Ir+3].[c-]1ccccc1-c1ccccn1. The van der Waals surface area contributed by atoms with E-state index in [1.807, 2.05) is 42.5 Å². The molecule has 0 saturated heterocycles. The zero-order valence-corrected chi connectivity index (χ0v) is 47.5. The smallest absolute Gasteiger partial charge is 0.305 e. The van der Waals surface area contributed by atoms with E-state index < -0.39 is 0 Å². The van der Waals surface area contributed by atoms with Crippen molar-refractivity contribution in [2.45, 2.75) is 141 Å². The van der Waals surface area contributed by atoms with Crippen molar-refractivity contribution in [3.8, 4) is 44.9 Å². The Kier molecular flexibility index (Phi) is 14.5.